The SMILES string of the molecule is [N-]=[N+]=NC[C@@H]1C[C@H]1CN1CCN(c2csc3cc(C(F)(F)F)ccc23)CC1. The molecular weight excluding hydrogens is 375 g/mol. The lowest BCUT2D eigenvalue weighted by Crippen LogP contribution is -2.47. The Balaban J connectivity index is 1.36. The lowest BCUT2D eigenvalue weighted by Gasteiger charge is -2.36. The van der Waals surface area contributed by atoms with Crippen LogP contribution in [-0.4, -0.2) is 44.2 Å². The second-order valence-corrected chi connectivity index (χ2v) is 8.20. The van der Waals surface area contributed by atoms with Gasteiger partial charge in [0.1, 0.15) is 0 Å². The molecule has 5 nitrogen and oxygen atoms in total. The van der Waals surface area contributed by atoms with Crippen LogP contribution in [0, 0.1) is 11.8 Å². The topological polar surface area (TPSA) is 55.2 Å². The largest absolute Gasteiger partial charge is 0.416 e. The third kappa shape index (κ3) is 4.00. The van der Waals surface area contributed by atoms with Crippen LogP contribution >= 0.6 is 11.3 Å². The van der Waals surface area contributed by atoms with Crippen LogP contribution in [0.25, 0.3) is 20.5 Å². The van der Waals surface area contributed by atoms with Crippen molar-refractivity contribution in [1.82, 2.24) is 4.90 Å². The van der Waals surface area contributed by atoms with E-state index in [1.165, 1.54) is 23.5 Å². The van der Waals surface area contributed by atoms with E-state index in [1.807, 2.05) is 5.38 Å². The summed E-state index contributed by atoms with van der Waals surface area (Å²) in [4.78, 5) is 7.53. The van der Waals surface area contributed by atoms with Gasteiger partial charge in [-0.1, -0.05) is 11.2 Å². The maximum atomic E-state index is 12.9. The predicted molar refractivity (Wildman–Crippen MR) is 101 cm³/mol. The third-order valence-corrected chi connectivity index (χ3v) is 6.47. The van der Waals surface area contributed by atoms with Crippen LogP contribution in [0.4, 0.5) is 18.9 Å². The minimum atomic E-state index is -4.30. The van der Waals surface area contributed by atoms with Crippen LogP contribution in [-0.2, 0) is 6.18 Å². The summed E-state index contributed by atoms with van der Waals surface area (Å²) in [6, 6.07) is 4.02. The maximum absolute atomic E-state index is 12.9. The molecule has 2 aliphatic rings. The molecule has 2 heterocycles. The van der Waals surface area contributed by atoms with Crippen LogP contribution in [0.1, 0.15) is 12.0 Å². The Morgan fingerprint density at radius 3 is 2.67 bits per heavy atom. The van der Waals surface area contributed by atoms with E-state index in [2.05, 4.69) is 19.8 Å². The summed E-state index contributed by atoms with van der Waals surface area (Å²) >= 11 is 1.37. The van der Waals surface area contributed by atoms with Gasteiger partial charge in [0, 0.05) is 59.6 Å². The normalized spacial score (nSPS) is 23.4. The minimum Gasteiger partial charge on any atom is -0.368 e. The van der Waals surface area contributed by atoms with Gasteiger partial charge in [-0.15, -0.1) is 11.3 Å². The van der Waals surface area contributed by atoms with Crippen molar-refractivity contribution in [2.45, 2.75) is 12.6 Å². The molecule has 144 valence electrons. The summed E-state index contributed by atoms with van der Waals surface area (Å²) in [6.07, 6.45) is -3.17. The summed E-state index contributed by atoms with van der Waals surface area (Å²) in [5.74, 6) is 1.16. The molecule has 0 spiro atoms. The van der Waals surface area contributed by atoms with Gasteiger partial charge in [-0.3, -0.25) is 4.90 Å². The van der Waals surface area contributed by atoms with Gasteiger partial charge in [-0.2, -0.15) is 13.2 Å². The molecule has 0 unspecified atom stereocenters. The molecule has 1 aromatic heterocycles. The second-order valence-electron chi connectivity index (χ2n) is 7.29. The zero-order valence-corrected chi connectivity index (χ0v) is 15.5. The van der Waals surface area contributed by atoms with Gasteiger partial charge in [0.25, 0.3) is 0 Å². The Bertz CT molecular complexity index is 865. The number of benzene rings is 1. The number of piperazine rings is 1. The van der Waals surface area contributed by atoms with Gasteiger partial charge in [0.05, 0.1) is 11.3 Å². The monoisotopic (exact) mass is 395 g/mol. The fraction of sp³-hybridized carbons (Fsp3) is 0.556. The van der Waals surface area contributed by atoms with Crippen molar-refractivity contribution in [2.75, 3.05) is 44.2 Å². The van der Waals surface area contributed by atoms with E-state index in [1.54, 1.807) is 6.07 Å². The highest BCUT2D eigenvalue weighted by atomic mass is 32.1. The van der Waals surface area contributed by atoms with Crippen molar-refractivity contribution in [3.63, 3.8) is 0 Å². The maximum Gasteiger partial charge on any atom is 0.416 e. The Kier molecular flexibility index (Phi) is 4.92. The first-order valence-electron chi connectivity index (χ1n) is 9.02. The molecule has 0 radical (unpaired) electrons. The van der Waals surface area contributed by atoms with E-state index < -0.39 is 11.7 Å². The highest BCUT2D eigenvalue weighted by Crippen LogP contribution is 2.40. The zero-order valence-electron chi connectivity index (χ0n) is 14.7. The molecule has 0 N–H and O–H groups in total. The summed E-state index contributed by atoms with van der Waals surface area (Å²) in [6.45, 7) is 5.29. The van der Waals surface area contributed by atoms with Crippen LogP contribution in [0.3, 0.4) is 0 Å². The molecule has 1 aliphatic heterocycles. The molecule has 9 heteroatoms. The number of fused-ring (bicyclic) bond motifs is 1. The Labute approximate surface area is 159 Å². The number of rotatable bonds is 5. The van der Waals surface area contributed by atoms with Crippen LogP contribution in [0.2, 0.25) is 0 Å². The number of alkyl halides is 3. The first kappa shape index (κ1) is 18.4. The van der Waals surface area contributed by atoms with Crippen molar-refractivity contribution in [1.29, 1.82) is 0 Å². The van der Waals surface area contributed by atoms with E-state index >= 15 is 0 Å². The van der Waals surface area contributed by atoms with Crippen LogP contribution in [0.5, 0.6) is 0 Å². The zero-order chi connectivity index (χ0) is 19.0. The van der Waals surface area contributed by atoms with Gasteiger partial charge in [0.2, 0.25) is 0 Å². The Morgan fingerprint density at radius 2 is 1.96 bits per heavy atom. The number of hydrogen-bond acceptors (Lipinski definition) is 4. The quantitative estimate of drug-likeness (QED) is 0.407. The highest BCUT2D eigenvalue weighted by molar-refractivity contribution is 7.17. The third-order valence-electron chi connectivity index (χ3n) is 5.54. The lowest BCUT2D eigenvalue weighted by atomic mass is 10.1. The van der Waals surface area contributed by atoms with Crippen molar-refractivity contribution in [2.24, 2.45) is 17.0 Å². The van der Waals surface area contributed by atoms with Crippen molar-refractivity contribution in [3.8, 4) is 0 Å². The van der Waals surface area contributed by atoms with Crippen LogP contribution in [0.15, 0.2) is 28.7 Å². The number of anilines is 1. The average Bonchev–Trinajstić information content (AvgIpc) is 3.24. The van der Waals surface area contributed by atoms with Crippen molar-refractivity contribution in [3.05, 3.63) is 39.6 Å². The van der Waals surface area contributed by atoms with Crippen molar-refractivity contribution >= 4 is 27.1 Å². The van der Waals surface area contributed by atoms with Gasteiger partial charge in [0.15, 0.2) is 0 Å². The molecule has 2 fully saturated rings. The summed E-state index contributed by atoms with van der Waals surface area (Å²) in [5.41, 5.74) is 8.84. The summed E-state index contributed by atoms with van der Waals surface area (Å²) in [7, 11) is 0. The first-order chi connectivity index (χ1) is 13.0. The highest BCUT2D eigenvalue weighted by Gasteiger charge is 2.38. The fourth-order valence-electron chi connectivity index (χ4n) is 3.84. The molecule has 1 saturated heterocycles. The standard InChI is InChI=1S/C18H20F3N5S/c19-18(20,21)14-1-2-15-16(11-27-17(15)8-14)26-5-3-25(4-6-26)10-13-7-12(13)9-23-24-22/h1-2,8,11-13H,3-7,9-10H2/t12-,13-/m0/s1. The Hall–Kier alpha value is -1.96. The predicted octanol–water partition coefficient (Wildman–Crippen LogP) is 4.99. The van der Waals surface area contributed by atoms with E-state index in [-0.39, 0.29) is 0 Å². The number of thiophene rings is 1. The summed E-state index contributed by atoms with van der Waals surface area (Å²) in [5, 5.41) is 6.53. The number of azide groups is 1. The van der Waals surface area contributed by atoms with Crippen LogP contribution < -0.4 is 4.90 Å². The van der Waals surface area contributed by atoms with Gasteiger partial charge in [-0.25, -0.2) is 0 Å². The molecule has 0 amide bonds. The molecule has 0 bridgehead atoms. The smallest absolute Gasteiger partial charge is 0.368 e. The second kappa shape index (κ2) is 7.22. The van der Waals surface area contributed by atoms with E-state index in [0.717, 1.165) is 50.2 Å². The van der Waals surface area contributed by atoms with Gasteiger partial charge >= 0.3 is 6.18 Å². The fourth-order valence-corrected chi connectivity index (χ4v) is 4.85. The molecule has 2 aromatic rings. The molecule has 1 aliphatic carbocycles. The first-order valence-corrected chi connectivity index (χ1v) is 9.90. The number of halogens is 3. The van der Waals surface area contributed by atoms with E-state index in [4.69, 9.17) is 5.53 Å². The molecular formula is C18H20F3N5S. The van der Waals surface area contributed by atoms with Crippen molar-refractivity contribution < 1.29 is 13.2 Å². The van der Waals surface area contributed by atoms with Gasteiger partial charge < -0.3 is 4.90 Å². The molecule has 1 aromatic carbocycles. The van der Waals surface area contributed by atoms with Gasteiger partial charge in [-0.05, 0) is 35.9 Å². The summed E-state index contributed by atoms with van der Waals surface area (Å²) < 4.78 is 39.4. The molecule has 2 atom stereocenters. The minimum absolute atomic E-state index is 0.530. The van der Waals surface area contributed by atoms with E-state index in [9.17, 15) is 13.2 Å². The Morgan fingerprint density at radius 1 is 1.19 bits per heavy atom. The van der Waals surface area contributed by atoms with E-state index in [0.29, 0.717) is 23.1 Å². The number of nitrogens with zero attached hydrogens (tertiary/aromatic N) is 5. The lowest BCUT2D eigenvalue weighted by molar-refractivity contribution is -0.137. The molecule has 1 saturated carbocycles. The number of hydrogen-bond donors (Lipinski definition) is 0. The average molecular weight is 395 g/mol. The molecule has 27 heavy (non-hydrogen) atoms. The molecule has 4 rings (SSSR count).